The Labute approximate surface area is 154 Å². The van der Waals surface area contributed by atoms with Crippen LogP contribution in [-0.2, 0) is 22.7 Å². The first-order valence-corrected chi connectivity index (χ1v) is 9.35. The molecule has 0 bridgehead atoms. The van der Waals surface area contributed by atoms with Gasteiger partial charge in [0.25, 0.3) is 0 Å². The molecule has 8 heteroatoms. The van der Waals surface area contributed by atoms with Crippen LogP contribution in [0.5, 0.6) is 0 Å². The number of imidazole rings is 1. The molecule has 0 radical (unpaired) electrons. The molecule has 0 saturated carbocycles. The van der Waals surface area contributed by atoms with Gasteiger partial charge in [0.05, 0.1) is 30.4 Å². The second-order valence-corrected chi connectivity index (χ2v) is 7.31. The third kappa shape index (κ3) is 3.32. The summed E-state index contributed by atoms with van der Waals surface area (Å²) >= 11 is 1.58. The standard InChI is InChI=1S/C18H19N5O2S/c1-12-11-26-18-21-15(10-23(12)18)7-20-17(25)13-6-16(24)22(8-13)9-14-4-2-3-5-19-14/h2-5,10-11,13H,6-9H2,1H3,(H,20,25)/t13-/m1/s1. The summed E-state index contributed by atoms with van der Waals surface area (Å²) in [7, 11) is 0. The molecule has 0 spiro atoms. The van der Waals surface area contributed by atoms with Crippen molar-refractivity contribution in [1.29, 1.82) is 0 Å². The number of pyridine rings is 1. The Hall–Kier alpha value is -2.74. The molecular weight excluding hydrogens is 350 g/mol. The fraction of sp³-hybridized carbons (Fsp3) is 0.333. The van der Waals surface area contributed by atoms with E-state index in [1.807, 2.05) is 41.1 Å². The molecule has 4 rings (SSSR count). The lowest BCUT2D eigenvalue weighted by Crippen LogP contribution is -2.32. The number of thiazole rings is 1. The number of carbonyl (C=O) groups excluding carboxylic acids is 2. The predicted octanol–water partition coefficient (Wildman–Crippen LogP) is 1.76. The van der Waals surface area contributed by atoms with E-state index in [2.05, 4.69) is 15.3 Å². The highest BCUT2D eigenvalue weighted by Gasteiger charge is 2.34. The first-order chi connectivity index (χ1) is 12.6. The zero-order chi connectivity index (χ0) is 18.1. The topological polar surface area (TPSA) is 79.6 Å². The van der Waals surface area contributed by atoms with Gasteiger partial charge >= 0.3 is 0 Å². The van der Waals surface area contributed by atoms with Crippen LogP contribution in [-0.4, -0.2) is 37.6 Å². The number of hydrogen-bond acceptors (Lipinski definition) is 5. The van der Waals surface area contributed by atoms with Gasteiger partial charge in [0, 0.05) is 36.4 Å². The molecule has 0 aromatic carbocycles. The van der Waals surface area contributed by atoms with E-state index >= 15 is 0 Å². The van der Waals surface area contributed by atoms with Crippen molar-refractivity contribution in [2.45, 2.75) is 26.4 Å². The van der Waals surface area contributed by atoms with E-state index in [9.17, 15) is 9.59 Å². The van der Waals surface area contributed by atoms with Crippen molar-refractivity contribution in [2.24, 2.45) is 5.92 Å². The maximum absolute atomic E-state index is 12.4. The first-order valence-electron chi connectivity index (χ1n) is 8.47. The second-order valence-electron chi connectivity index (χ2n) is 6.48. The molecule has 1 atom stereocenters. The Morgan fingerprint density at radius 2 is 2.27 bits per heavy atom. The van der Waals surface area contributed by atoms with Crippen LogP contribution in [0.25, 0.3) is 4.96 Å². The molecule has 1 aliphatic rings. The van der Waals surface area contributed by atoms with Crippen LogP contribution in [0.3, 0.4) is 0 Å². The van der Waals surface area contributed by atoms with E-state index in [1.54, 1.807) is 22.4 Å². The molecule has 1 N–H and O–H groups in total. The number of nitrogens with one attached hydrogen (secondary N) is 1. The highest BCUT2D eigenvalue weighted by molar-refractivity contribution is 7.15. The molecule has 3 aromatic heterocycles. The Morgan fingerprint density at radius 3 is 3.04 bits per heavy atom. The van der Waals surface area contributed by atoms with Gasteiger partial charge in [-0.25, -0.2) is 4.98 Å². The average Bonchev–Trinajstić information content (AvgIpc) is 3.31. The minimum atomic E-state index is -0.323. The number of hydrogen-bond donors (Lipinski definition) is 1. The molecule has 4 heterocycles. The highest BCUT2D eigenvalue weighted by atomic mass is 32.1. The normalized spacial score (nSPS) is 17.2. The van der Waals surface area contributed by atoms with E-state index in [-0.39, 0.29) is 24.2 Å². The fourth-order valence-electron chi connectivity index (χ4n) is 3.14. The van der Waals surface area contributed by atoms with Crippen molar-refractivity contribution in [1.82, 2.24) is 24.6 Å². The van der Waals surface area contributed by atoms with Crippen LogP contribution in [0.15, 0.2) is 36.0 Å². The number of amides is 2. The van der Waals surface area contributed by atoms with Crippen LogP contribution in [0, 0.1) is 12.8 Å². The maximum Gasteiger partial charge on any atom is 0.225 e. The molecule has 2 amide bonds. The monoisotopic (exact) mass is 369 g/mol. The summed E-state index contributed by atoms with van der Waals surface area (Å²) in [6.07, 6.45) is 3.89. The van der Waals surface area contributed by atoms with Crippen molar-refractivity contribution in [3.05, 3.63) is 53.1 Å². The van der Waals surface area contributed by atoms with Crippen molar-refractivity contribution in [2.75, 3.05) is 6.54 Å². The van der Waals surface area contributed by atoms with Crippen molar-refractivity contribution < 1.29 is 9.59 Å². The number of nitrogens with zero attached hydrogens (tertiary/aromatic N) is 4. The van der Waals surface area contributed by atoms with Crippen LogP contribution >= 0.6 is 11.3 Å². The lowest BCUT2D eigenvalue weighted by atomic mass is 10.1. The lowest BCUT2D eigenvalue weighted by Gasteiger charge is -2.15. The molecule has 3 aromatic rings. The van der Waals surface area contributed by atoms with Crippen LogP contribution in [0.2, 0.25) is 0 Å². The first kappa shape index (κ1) is 16.7. The number of fused-ring (bicyclic) bond motifs is 1. The van der Waals surface area contributed by atoms with Gasteiger partial charge in [-0.2, -0.15) is 0 Å². The Bertz CT molecular complexity index is 949. The van der Waals surface area contributed by atoms with Crippen molar-refractivity contribution >= 4 is 28.1 Å². The van der Waals surface area contributed by atoms with Crippen LogP contribution < -0.4 is 5.32 Å². The summed E-state index contributed by atoms with van der Waals surface area (Å²) in [5.41, 5.74) is 2.78. The Balaban J connectivity index is 1.34. The van der Waals surface area contributed by atoms with Gasteiger partial charge in [-0.05, 0) is 19.1 Å². The molecule has 134 valence electrons. The van der Waals surface area contributed by atoms with E-state index < -0.39 is 0 Å². The van der Waals surface area contributed by atoms with Crippen LogP contribution in [0.4, 0.5) is 0 Å². The largest absolute Gasteiger partial charge is 0.350 e. The van der Waals surface area contributed by atoms with Crippen molar-refractivity contribution in [3.63, 3.8) is 0 Å². The summed E-state index contributed by atoms with van der Waals surface area (Å²) in [5.74, 6) is -0.430. The Kier molecular flexibility index (Phi) is 4.42. The molecule has 7 nitrogen and oxygen atoms in total. The molecule has 0 aliphatic carbocycles. The minimum Gasteiger partial charge on any atom is -0.350 e. The minimum absolute atomic E-state index is 0.00562. The summed E-state index contributed by atoms with van der Waals surface area (Å²) in [4.78, 5) is 36.0. The van der Waals surface area contributed by atoms with Gasteiger partial charge in [-0.3, -0.25) is 19.0 Å². The maximum atomic E-state index is 12.4. The summed E-state index contributed by atoms with van der Waals surface area (Å²) < 4.78 is 2.01. The number of likely N-dealkylation sites (tertiary alicyclic amines) is 1. The average molecular weight is 369 g/mol. The zero-order valence-electron chi connectivity index (χ0n) is 14.4. The molecule has 1 saturated heterocycles. The van der Waals surface area contributed by atoms with Gasteiger partial charge in [-0.1, -0.05) is 6.07 Å². The third-order valence-electron chi connectivity index (χ3n) is 4.55. The van der Waals surface area contributed by atoms with E-state index in [0.29, 0.717) is 19.6 Å². The smallest absolute Gasteiger partial charge is 0.225 e. The summed E-state index contributed by atoms with van der Waals surface area (Å²) in [6, 6.07) is 5.62. The van der Waals surface area contributed by atoms with E-state index in [4.69, 9.17) is 0 Å². The van der Waals surface area contributed by atoms with E-state index in [0.717, 1.165) is 22.0 Å². The molecule has 26 heavy (non-hydrogen) atoms. The molecule has 0 unspecified atom stereocenters. The summed E-state index contributed by atoms with van der Waals surface area (Å²) in [6.45, 7) is 3.27. The second kappa shape index (κ2) is 6.87. The van der Waals surface area contributed by atoms with Gasteiger partial charge < -0.3 is 10.2 Å². The number of aryl methyl sites for hydroxylation is 1. The third-order valence-corrected chi connectivity index (χ3v) is 5.50. The highest BCUT2D eigenvalue weighted by Crippen LogP contribution is 2.20. The number of aromatic nitrogens is 3. The predicted molar refractivity (Wildman–Crippen MR) is 97.4 cm³/mol. The Morgan fingerprint density at radius 1 is 1.38 bits per heavy atom. The van der Waals surface area contributed by atoms with Crippen LogP contribution in [0.1, 0.15) is 23.5 Å². The van der Waals surface area contributed by atoms with Gasteiger partial charge in [0.1, 0.15) is 0 Å². The number of rotatable bonds is 5. The lowest BCUT2D eigenvalue weighted by molar-refractivity contribution is -0.129. The summed E-state index contributed by atoms with van der Waals surface area (Å²) in [5, 5.41) is 4.96. The fourth-order valence-corrected chi connectivity index (χ4v) is 4.01. The molecule has 1 fully saturated rings. The van der Waals surface area contributed by atoms with E-state index in [1.165, 1.54) is 0 Å². The van der Waals surface area contributed by atoms with Gasteiger partial charge in [0.2, 0.25) is 11.8 Å². The van der Waals surface area contributed by atoms with Crippen molar-refractivity contribution in [3.8, 4) is 0 Å². The molecule has 1 aliphatic heterocycles. The quantitative estimate of drug-likeness (QED) is 0.743. The van der Waals surface area contributed by atoms with Gasteiger partial charge in [0.15, 0.2) is 4.96 Å². The number of carbonyl (C=O) groups is 2. The zero-order valence-corrected chi connectivity index (χ0v) is 15.2. The SMILES string of the molecule is Cc1csc2nc(CNC(=O)[C@@H]3CC(=O)N(Cc4ccccn4)C3)cn12. The van der Waals surface area contributed by atoms with Gasteiger partial charge in [-0.15, -0.1) is 11.3 Å². The molecular formula is C18H19N5O2S.